The number of carbonyl (C=O) groups is 1. The summed E-state index contributed by atoms with van der Waals surface area (Å²) in [4.78, 5) is 20.2. The van der Waals surface area contributed by atoms with E-state index in [4.69, 9.17) is 9.47 Å². The summed E-state index contributed by atoms with van der Waals surface area (Å²) in [6, 6.07) is 13.4. The fraction of sp³-hybridized carbons (Fsp3) is 0.143. The predicted molar refractivity (Wildman–Crippen MR) is 112 cm³/mol. The number of hydrogen-bond acceptors (Lipinski definition) is 5. The van der Waals surface area contributed by atoms with Crippen LogP contribution in [0.5, 0.6) is 11.5 Å². The van der Waals surface area contributed by atoms with E-state index in [1.165, 1.54) is 11.3 Å². The number of thiazole rings is 1. The molecule has 0 aliphatic rings. The molecule has 0 aliphatic carbocycles. The first-order chi connectivity index (χ1) is 13.6. The Bertz CT molecular complexity index is 1100. The summed E-state index contributed by atoms with van der Waals surface area (Å²) in [5.74, 6) is 1.23. The van der Waals surface area contributed by atoms with Gasteiger partial charge >= 0.3 is 0 Å². The zero-order chi connectivity index (χ0) is 19.7. The average molecular weight is 393 g/mol. The third-order valence-electron chi connectivity index (χ3n) is 4.55. The van der Waals surface area contributed by atoms with Gasteiger partial charge in [0, 0.05) is 27.4 Å². The summed E-state index contributed by atoms with van der Waals surface area (Å²) in [7, 11) is 3.25. The lowest BCUT2D eigenvalue weighted by Crippen LogP contribution is -2.11. The summed E-state index contributed by atoms with van der Waals surface area (Å²) >= 11 is 1.37. The highest BCUT2D eigenvalue weighted by Gasteiger charge is 2.15. The molecule has 0 radical (unpaired) electrons. The molecule has 0 saturated heterocycles. The second-order valence-electron chi connectivity index (χ2n) is 6.27. The normalized spacial score (nSPS) is 10.8. The van der Waals surface area contributed by atoms with E-state index in [2.05, 4.69) is 15.3 Å². The Morgan fingerprint density at radius 1 is 1.11 bits per heavy atom. The molecular formula is C21H19N3O3S. The molecule has 6 nitrogen and oxygen atoms in total. The first kappa shape index (κ1) is 18.1. The number of nitrogens with zero attached hydrogens (tertiary/aromatic N) is 1. The van der Waals surface area contributed by atoms with Crippen molar-refractivity contribution in [3.05, 3.63) is 59.1 Å². The fourth-order valence-corrected chi connectivity index (χ4v) is 3.77. The van der Waals surface area contributed by atoms with E-state index in [9.17, 15) is 4.79 Å². The number of H-pyrrole nitrogens is 1. The van der Waals surface area contributed by atoms with Crippen molar-refractivity contribution in [2.24, 2.45) is 0 Å². The molecule has 0 aliphatic heterocycles. The van der Waals surface area contributed by atoms with Crippen LogP contribution in [0, 0.1) is 6.92 Å². The number of anilines is 1. The van der Waals surface area contributed by atoms with Crippen LogP contribution in [0.25, 0.3) is 22.2 Å². The number of ether oxygens (including phenoxy) is 2. The lowest BCUT2D eigenvalue weighted by molar-refractivity contribution is 0.102. The summed E-state index contributed by atoms with van der Waals surface area (Å²) in [6.07, 6.45) is 0. The Hall–Kier alpha value is -3.32. The number of aromatic nitrogens is 2. The predicted octanol–water partition coefficient (Wildman–Crippen LogP) is 4.87. The molecular weight excluding hydrogens is 374 g/mol. The minimum atomic E-state index is -0.226. The highest BCUT2D eigenvalue weighted by molar-refractivity contribution is 7.14. The smallest absolute Gasteiger partial charge is 0.273 e. The van der Waals surface area contributed by atoms with Crippen molar-refractivity contribution in [2.45, 2.75) is 6.92 Å². The van der Waals surface area contributed by atoms with Gasteiger partial charge in [-0.05, 0) is 31.2 Å². The van der Waals surface area contributed by atoms with Gasteiger partial charge in [0.2, 0.25) is 0 Å². The first-order valence-electron chi connectivity index (χ1n) is 8.66. The Balaban J connectivity index is 1.58. The molecule has 0 atom stereocenters. The molecule has 2 aromatic carbocycles. The van der Waals surface area contributed by atoms with Crippen molar-refractivity contribution in [1.29, 1.82) is 0 Å². The largest absolute Gasteiger partial charge is 0.496 e. The van der Waals surface area contributed by atoms with Crippen LogP contribution < -0.4 is 14.8 Å². The third-order valence-corrected chi connectivity index (χ3v) is 5.30. The number of para-hydroxylation sites is 1. The average Bonchev–Trinajstić information content (AvgIpc) is 3.35. The summed E-state index contributed by atoms with van der Waals surface area (Å²) in [5, 5.41) is 6.26. The third kappa shape index (κ3) is 3.32. The van der Waals surface area contributed by atoms with Crippen molar-refractivity contribution in [3.63, 3.8) is 0 Å². The number of benzene rings is 2. The lowest BCUT2D eigenvalue weighted by Gasteiger charge is -2.11. The Labute approximate surface area is 166 Å². The molecule has 0 unspecified atom stereocenters. The van der Waals surface area contributed by atoms with Crippen LogP contribution in [0.4, 0.5) is 5.13 Å². The van der Waals surface area contributed by atoms with Gasteiger partial charge in [-0.25, -0.2) is 4.98 Å². The number of fused-ring (bicyclic) bond motifs is 1. The molecule has 4 rings (SSSR count). The maximum Gasteiger partial charge on any atom is 0.273 e. The number of carbonyl (C=O) groups excluding carboxylic acids is 1. The standard InChI is InChI=1S/C21H19N3O3S/c1-12-18(26-2)9-14(10-19(12)27-3)17-11-28-21(23-17)24-20(25)16-8-13-6-4-5-7-15(13)22-16/h4-11,22H,1-3H3,(H,23,24,25). The molecule has 1 amide bonds. The van der Waals surface area contributed by atoms with Crippen LogP contribution >= 0.6 is 11.3 Å². The molecule has 7 heteroatoms. The highest BCUT2D eigenvalue weighted by atomic mass is 32.1. The quantitative estimate of drug-likeness (QED) is 0.507. The van der Waals surface area contributed by atoms with E-state index in [1.54, 1.807) is 14.2 Å². The van der Waals surface area contributed by atoms with Gasteiger partial charge in [-0.3, -0.25) is 10.1 Å². The number of methoxy groups -OCH3 is 2. The minimum Gasteiger partial charge on any atom is -0.496 e. The van der Waals surface area contributed by atoms with Crippen molar-refractivity contribution >= 4 is 33.3 Å². The van der Waals surface area contributed by atoms with E-state index in [-0.39, 0.29) is 5.91 Å². The number of hydrogen-bond donors (Lipinski definition) is 2. The van der Waals surface area contributed by atoms with Crippen LogP contribution in [0.3, 0.4) is 0 Å². The molecule has 0 spiro atoms. The van der Waals surface area contributed by atoms with Gasteiger partial charge in [-0.2, -0.15) is 0 Å². The van der Waals surface area contributed by atoms with E-state index in [0.29, 0.717) is 10.8 Å². The number of amides is 1. The highest BCUT2D eigenvalue weighted by Crippen LogP contribution is 2.35. The van der Waals surface area contributed by atoms with Crippen LogP contribution in [0.15, 0.2) is 47.8 Å². The molecule has 142 valence electrons. The minimum absolute atomic E-state index is 0.226. The van der Waals surface area contributed by atoms with E-state index >= 15 is 0 Å². The van der Waals surface area contributed by atoms with Crippen molar-refractivity contribution in [3.8, 4) is 22.8 Å². The number of rotatable bonds is 5. The molecule has 0 bridgehead atoms. The van der Waals surface area contributed by atoms with Gasteiger partial charge in [0.25, 0.3) is 5.91 Å². The maximum absolute atomic E-state index is 12.6. The molecule has 2 heterocycles. The Morgan fingerprint density at radius 2 is 1.82 bits per heavy atom. The Kier molecular flexibility index (Phi) is 4.75. The van der Waals surface area contributed by atoms with Gasteiger partial charge in [0.05, 0.1) is 19.9 Å². The fourth-order valence-electron chi connectivity index (χ4n) is 3.06. The topological polar surface area (TPSA) is 76.2 Å². The second kappa shape index (κ2) is 7.36. The van der Waals surface area contributed by atoms with Crippen molar-refractivity contribution < 1.29 is 14.3 Å². The maximum atomic E-state index is 12.6. The first-order valence-corrected chi connectivity index (χ1v) is 9.54. The van der Waals surface area contributed by atoms with Gasteiger partial charge < -0.3 is 14.5 Å². The second-order valence-corrected chi connectivity index (χ2v) is 7.13. The van der Waals surface area contributed by atoms with Crippen LogP contribution in [0.1, 0.15) is 16.1 Å². The lowest BCUT2D eigenvalue weighted by atomic mass is 10.1. The van der Waals surface area contributed by atoms with Gasteiger partial charge in [-0.15, -0.1) is 11.3 Å². The van der Waals surface area contributed by atoms with Crippen LogP contribution in [-0.4, -0.2) is 30.1 Å². The Morgan fingerprint density at radius 3 is 2.50 bits per heavy atom. The SMILES string of the molecule is COc1cc(-c2csc(NC(=O)c3cc4ccccc4[nH]3)n2)cc(OC)c1C. The molecule has 0 saturated carbocycles. The van der Waals surface area contributed by atoms with Gasteiger partial charge in [-0.1, -0.05) is 18.2 Å². The van der Waals surface area contributed by atoms with Gasteiger partial charge in [0.1, 0.15) is 17.2 Å². The summed E-state index contributed by atoms with van der Waals surface area (Å²) in [5.41, 5.74) is 3.95. The number of nitrogens with one attached hydrogen (secondary N) is 2. The summed E-state index contributed by atoms with van der Waals surface area (Å²) < 4.78 is 10.9. The van der Waals surface area contributed by atoms with Gasteiger partial charge in [0.15, 0.2) is 5.13 Å². The summed E-state index contributed by atoms with van der Waals surface area (Å²) in [6.45, 7) is 1.94. The van der Waals surface area contributed by atoms with Crippen molar-refractivity contribution in [2.75, 3.05) is 19.5 Å². The molecule has 28 heavy (non-hydrogen) atoms. The monoisotopic (exact) mass is 393 g/mol. The zero-order valence-electron chi connectivity index (χ0n) is 15.7. The van der Waals surface area contributed by atoms with E-state index in [1.807, 2.05) is 54.8 Å². The molecule has 4 aromatic rings. The molecule has 0 fully saturated rings. The zero-order valence-corrected chi connectivity index (χ0v) is 16.5. The number of aromatic amines is 1. The molecule has 2 aromatic heterocycles. The van der Waals surface area contributed by atoms with Crippen LogP contribution in [0.2, 0.25) is 0 Å². The molecule has 2 N–H and O–H groups in total. The van der Waals surface area contributed by atoms with E-state index in [0.717, 1.165) is 39.2 Å². The van der Waals surface area contributed by atoms with Crippen molar-refractivity contribution in [1.82, 2.24) is 9.97 Å². The van der Waals surface area contributed by atoms with E-state index < -0.39 is 0 Å². The van der Waals surface area contributed by atoms with Crippen LogP contribution in [-0.2, 0) is 0 Å².